The average Bonchev–Trinajstić information content (AvgIpc) is 2.06. The number of carbonyl (C=O) groups excluding carboxylic acids is 1. The van der Waals surface area contributed by atoms with E-state index in [2.05, 4.69) is 15.2 Å². The van der Waals surface area contributed by atoms with E-state index in [4.69, 9.17) is 0 Å². The Bertz CT molecular complexity index is 171. The summed E-state index contributed by atoms with van der Waals surface area (Å²) in [7, 11) is 0. The quantitative estimate of drug-likeness (QED) is 0.462. The molecule has 0 aromatic heterocycles. The van der Waals surface area contributed by atoms with E-state index in [9.17, 15) is 4.79 Å². The van der Waals surface area contributed by atoms with E-state index in [0.717, 1.165) is 32.7 Å². The zero-order chi connectivity index (χ0) is 8.81. The van der Waals surface area contributed by atoms with Crippen molar-refractivity contribution in [2.45, 2.75) is 13.0 Å². The number of aliphatic imine (C=N–C) groups is 1. The molecule has 0 aromatic rings. The summed E-state index contributed by atoms with van der Waals surface area (Å²) in [5, 5.41) is 3.27. The molecule has 1 unspecified atom stereocenters. The van der Waals surface area contributed by atoms with E-state index in [1.165, 1.54) is 0 Å². The van der Waals surface area contributed by atoms with Crippen molar-refractivity contribution in [1.29, 1.82) is 0 Å². The SMILES string of the molecule is CC(CN1CCNCC1)N=C=O. The summed E-state index contributed by atoms with van der Waals surface area (Å²) < 4.78 is 0. The highest BCUT2D eigenvalue weighted by Gasteiger charge is 2.11. The number of hydrogen-bond donors (Lipinski definition) is 1. The molecule has 1 aliphatic heterocycles. The topological polar surface area (TPSA) is 44.7 Å². The van der Waals surface area contributed by atoms with Crippen LogP contribution < -0.4 is 5.32 Å². The van der Waals surface area contributed by atoms with Crippen molar-refractivity contribution in [3.63, 3.8) is 0 Å². The second kappa shape index (κ2) is 5.04. The molecule has 4 nitrogen and oxygen atoms in total. The highest BCUT2D eigenvalue weighted by Crippen LogP contribution is 1.96. The lowest BCUT2D eigenvalue weighted by atomic mass is 10.3. The van der Waals surface area contributed by atoms with E-state index in [0.29, 0.717) is 0 Å². The Morgan fingerprint density at radius 3 is 2.83 bits per heavy atom. The predicted octanol–water partition coefficient (Wildman–Crippen LogP) is -0.384. The molecule has 0 spiro atoms. The van der Waals surface area contributed by atoms with Gasteiger partial charge in [0.15, 0.2) is 0 Å². The molecule has 1 rings (SSSR count). The highest BCUT2D eigenvalue weighted by molar-refractivity contribution is 5.33. The smallest absolute Gasteiger partial charge is 0.235 e. The van der Waals surface area contributed by atoms with Crippen molar-refractivity contribution in [2.75, 3.05) is 32.7 Å². The van der Waals surface area contributed by atoms with Gasteiger partial charge >= 0.3 is 0 Å². The maximum Gasteiger partial charge on any atom is 0.235 e. The first-order chi connectivity index (χ1) is 5.83. The van der Waals surface area contributed by atoms with Gasteiger partial charge in [0.25, 0.3) is 0 Å². The van der Waals surface area contributed by atoms with Crippen LogP contribution in [0.25, 0.3) is 0 Å². The average molecular weight is 169 g/mol. The minimum atomic E-state index is 0.0839. The molecular weight excluding hydrogens is 154 g/mol. The van der Waals surface area contributed by atoms with Crippen LogP contribution in [-0.2, 0) is 4.79 Å². The van der Waals surface area contributed by atoms with Gasteiger partial charge in [0, 0.05) is 32.7 Å². The standard InChI is InChI=1S/C8H15N3O/c1-8(10-7-12)6-11-4-2-9-3-5-11/h8-9H,2-6H2,1H3. The van der Waals surface area contributed by atoms with E-state index < -0.39 is 0 Å². The summed E-state index contributed by atoms with van der Waals surface area (Å²) in [5.41, 5.74) is 0. The Morgan fingerprint density at radius 2 is 2.25 bits per heavy atom. The first-order valence-electron chi connectivity index (χ1n) is 4.33. The number of hydrogen-bond acceptors (Lipinski definition) is 4. The van der Waals surface area contributed by atoms with Gasteiger partial charge in [0.05, 0.1) is 6.04 Å². The zero-order valence-electron chi connectivity index (χ0n) is 7.42. The van der Waals surface area contributed by atoms with Crippen LogP contribution in [0.1, 0.15) is 6.92 Å². The molecule has 4 heteroatoms. The van der Waals surface area contributed by atoms with E-state index in [-0.39, 0.29) is 6.04 Å². The maximum atomic E-state index is 9.93. The van der Waals surface area contributed by atoms with Crippen LogP contribution in [0.3, 0.4) is 0 Å². The molecule has 1 N–H and O–H groups in total. The van der Waals surface area contributed by atoms with Gasteiger partial charge in [-0.05, 0) is 6.92 Å². The second-order valence-corrected chi connectivity index (χ2v) is 3.12. The molecule has 0 aliphatic carbocycles. The molecule has 1 fully saturated rings. The van der Waals surface area contributed by atoms with Crippen molar-refractivity contribution in [3.8, 4) is 0 Å². The van der Waals surface area contributed by atoms with Crippen molar-refractivity contribution in [2.24, 2.45) is 4.99 Å². The molecule has 0 saturated carbocycles. The van der Waals surface area contributed by atoms with Crippen LogP contribution in [-0.4, -0.2) is 49.7 Å². The molecule has 1 saturated heterocycles. The number of nitrogens with one attached hydrogen (secondary N) is 1. The predicted molar refractivity (Wildman–Crippen MR) is 46.9 cm³/mol. The Labute approximate surface area is 72.7 Å². The molecule has 0 bridgehead atoms. The molecular formula is C8H15N3O. The van der Waals surface area contributed by atoms with Gasteiger partial charge in [-0.15, -0.1) is 0 Å². The molecule has 0 amide bonds. The number of rotatable bonds is 3. The molecule has 0 aromatic carbocycles. The lowest BCUT2D eigenvalue weighted by molar-refractivity contribution is 0.231. The van der Waals surface area contributed by atoms with Crippen molar-refractivity contribution in [1.82, 2.24) is 10.2 Å². The minimum Gasteiger partial charge on any atom is -0.314 e. The zero-order valence-corrected chi connectivity index (χ0v) is 7.42. The molecule has 12 heavy (non-hydrogen) atoms. The largest absolute Gasteiger partial charge is 0.314 e. The van der Waals surface area contributed by atoms with Gasteiger partial charge in [0.2, 0.25) is 6.08 Å². The summed E-state index contributed by atoms with van der Waals surface area (Å²) in [6.07, 6.45) is 1.59. The lowest BCUT2D eigenvalue weighted by Gasteiger charge is -2.27. The lowest BCUT2D eigenvalue weighted by Crippen LogP contribution is -2.45. The maximum absolute atomic E-state index is 9.93. The monoisotopic (exact) mass is 169 g/mol. The molecule has 1 aliphatic rings. The van der Waals surface area contributed by atoms with E-state index in [1.807, 2.05) is 6.92 Å². The van der Waals surface area contributed by atoms with Gasteiger partial charge in [-0.2, -0.15) is 0 Å². The fourth-order valence-electron chi connectivity index (χ4n) is 1.40. The Balaban J connectivity index is 2.24. The summed E-state index contributed by atoms with van der Waals surface area (Å²) >= 11 is 0. The van der Waals surface area contributed by atoms with Gasteiger partial charge in [-0.3, -0.25) is 4.90 Å². The molecule has 68 valence electrons. The fourth-order valence-corrected chi connectivity index (χ4v) is 1.40. The highest BCUT2D eigenvalue weighted by atomic mass is 16.1. The van der Waals surface area contributed by atoms with Crippen LogP contribution in [0.2, 0.25) is 0 Å². The van der Waals surface area contributed by atoms with E-state index in [1.54, 1.807) is 6.08 Å². The first-order valence-corrected chi connectivity index (χ1v) is 4.33. The summed E-state index contributed by atoms with van der Waals surface area (Å²) in [5.74, 6) is 0. The first kappa shape index (κ1) is 9.39. The normalized spacial score (nSPS) is 21.4. The number of nitrogens with zero attached hydrogens (tertiary/aromatic N) is 2. The van der Waals surface area contributed by atoms with Crippen LogP contribution in [0.4, 0.5) is 0 Å². The number of piperazine rings is 1. The summed E-state index contributed by atoms with van der Waals surface area (Å²) in [4.78, 5) is 15.9. The van der Waals surface area contributed by atoms with Crippen LogP contribution in [0.15, 0.2) is 4.99 Å². The fraction of sp³-hybridized carbons (Fsp3) is 0.875. The molecule has 0 radical (unpaired) electrons. The van der Waals surface area contributed by atoms with Gasteiger partial charge in [-0.25, -0.2) is 9.79 Å². The van der Waals surface area contributed by atoms with Crippen molar-refractivity contribution >= 4 is 6.08 Å². The Morgan fingerprint density at radius 1 is 1.58 bits per heavy atom. The third-order valence-electron chi connectivity index (χ3n) is 2.01. The second-order valence-electron chi connectivity index (χ2n) is 3.12. The molecule has 1 atom stereocenters. The van der Waals surface area contributed by atoms with Crippen LogP contribution >= 0.6 is 0 Å². The van der Waals surface area contributed by atoms with Gasteiger partial charge in [0.1, 0.15) is 0 Å². The third kappa shape index (κ3) is 3.13. The molecule has 1 heterocycles. The van der Waals surface area contributed by atoms with E-state index >= 15 is 0 Å². The van der Waals surface area contributed by atoms with Crippen LogP contribution in [0.5, 0.6) is 0 Å². The summed E-state index contributed by atoms with van der Waals surface area (Å²) in [6.45, 7) is 7.00. The van der Waals surface area contributed by atoms with Crippen LogP contribution in [0, 0.1) is 0 Å². The third-order valence-corrected chi connectivity index (χ3v) is 2.01. The minimum absolute atomic E-state index is 0.0839. The van der Waals surface area contributed by atoms with Crippen molar-refractivity contribution < 1.29 is 4.79 Å². The van der Waals surface area contributed by atoms with Gasteiger partial charge in [-0.1, -0.05) is 0 Å². The number of isocyanates is 1. The van der Waals surface area contributed by atoms with Gasteiger partial charge < -0.3 is 5.32 Å². The Hall–Kier alpha value is -0.700. The Kier molecular flexibility index (Phi) is 3.94. The van der Waals surface area contributed by atoms with Crippen molar-refractivity contribution in [3.05, 3.63) is 0 Å². The summed E-state index contributed by atoms with van der Waals surface area (Å²) in [6, 6.07) is 0.0839.